The van der Waals surface area contributed by atoms with Crippen LogP contribution in [0, 0.1) is 0 Å². The van der Waals surface area contributed by atoms with Crippen LogP contribution in [0.2, 0.25) is 5.02 Å². The van der Waals surface area contributed by atoms with Crippen LogP contribution in [0.3, 0.4) is 0 Å². The fourth-order valence-corrected chi connectivity index (χ4v) is 3.30. The Morgan fingerprint density at radius 2 is 1.87 bits per heavy atom. The van der Waals surface area contributed by atoms with Crippen molar-refractivity contribution in [1.82, 2.24) is 15.2 Å². The number of anilines is 1. The molecule has 0 bridgehead atoms. The lowest BCUT2D eigenvalue weighted by atomic mass is 9.92. The van der Waals surface area contributed by atoms with E-state index < -0.39 is 5.69 Å². The Kier molecular flexibility index (Phi) is 9.98. The summed E-state index contributed by atoms with van der Waals surface area (Å²) in [5.74, 6) is 1.00. The zero-order valence-corrected chi connectivity index (χ0v) is 19.8. The molecule has 2 rings (SSSR count). The second-order valence-electron chi connectivity index (χ2n) is 8.62. The fourth-order valence-electron chi connectivity index (χ4n) is 3.06. The lowest BCUT2D eigenvalue weighted by Gasteiger charge is -2.18. The second-order valence-corrected chi connectivity index (χ2v) is 9.02. The van der Waals surface area contributed by atoms with E-state index in [2.05, 4.69) is 32.6 Å². The third kappa shape index (κ3) is 8.69. The molecule has 0 spiro atoms. The topological polar surface area (TPSA) is 92.3 Å². The van der Waals surface area contributed by atoms with Crippen molar-refractivity contribution in [3.8, 4) is 5.75 Å². The van der Waals surface area contributed by atoms with Crippen molar-refractivity contribution in [3.63, 3.8) is 0 Å². The van der Waals surface area contributed by atoms with Crippen molar-refractivity contribution in [1.29, 1.82) is 0 Å². The van der Waals surface area contributed by atoms with Crippen molar-refractivity contribution < 1.29 is 4.74 Å². The number of unbranched alkanes of at least 4 members (excludes halogenated alkanes) is 6. The first-order valence-corrected chi connectivity index (χ1v) is 11.4. The number of aromatic nitrogens is 3. The summed E-state index contributed by atoms with van der Waals surface area (Å²) in [5, 5.41) is 11.2. The zero-order valence-electron chi connectivity index (χ0n) is 19.0. The molecular weight excluding hydrogens is 414 g/mol. The fraction of sp³-hybridized carbons (Fsp3) is 0.565. The molecule has 170 valence electrons. The minimum Gasteiger partial charge on any atom is -0.492 e. The van der Waals surface area contributed by atoms with Gasteiger partial charge in [-0.1, -0.05) is 77.8 Å². The first kappa shape index (κ1) is 24.9. The summed E-state index contributed by atoms with van der Waals surface area (Å²) in [7, 11) is 0. The van der Waals surface area contributed by atoms with Gasteiger partial charge in [0.15, 0.2) is 5.82 Å². The molecule has 1 aromatic heterocycles. The Morgan fingerprint density at radius 1 is 1.16 bits per heavy atom. The van der Waals surface area contributed by atoms with Gasteiger partial charge in [0.2, 0.25) is 0 Å². The van der Waals surface area contributed by atoms with Crippen LogP contribution < -0.4 is 15.9 Å². The molecule has 7 nitrogen and oxygen atoms in total. The molecule has 31 heavy (non-hydrogen) atoms. The summed E-state index contributed by atoms with van der Waals surface area (Å²) in [6, 6.07) is 5.52. The minimum absolute atomic E-state index is 0.299. The van der Waals surface area contributed by atoms with Gasteiger partial charge in [-0.2, -0.15) is 15.2 Å². The summed E-state index contributed by atoms with van der Waals surface area (Å²) in [4.78, 5) is 15.4. The smallest absolute Gasteiger partial charge is 0.363 e. The Labute approximate surface area is 189 Å². The highest BCUT2D eigenvalue weighted by Gasteiger charge is 2.21. The number of hydrogen-bond acceptors (Lipinski definition) is 6. The average Bonchev–Trinajstić information content (AvgIpc) is 2.70. The molecule has 0 amide bonds. The Bertz CT molecular complexity index is 906. The van der Waals surface area contributed by atoms with Crippen LogP contribution in [0.15, 0.2) is 28.1 Å². The van der Waals surface area contributed by atoms with Crippen LogP contribution in [0.25, 0.3) is 0 Å². The summed E-state index contributed by atoms with van der Waals surface area (Å²) >= 11 is 6.35. The summed E-state index contributed by atoms with van der Waals surface area (Å²) in [6.45, 7) is 8.84. The molecule has 1 aromatic carbocycles. The van der Waals surface area contributed by atoms with Gasteiger partial charge in [0, 0.05) is 5.41 Å². The summed E-state index contributed by atoms with van der Waals surface area (Å²) in [5.41, 5.74) is 3.40. The molecule has 0 aliphatic carbocycles. The normalized spacial score (nSPS) is 11.8. The van der Waals surface area contributed by atoms with Gasteiger partial charge in [-0.15, -0.1) is 0 Å². The van der Waals surface area contributed by atoms with Gasteiger partial charge in [0.05, 0.1) is 17.8 Å². The lowest BCUT2D eigenvalue weighted by Crippen LogP contribution is -2.24. The first-order chi connectivity index (χ1) is 14.8. The number of halogens is 1. The van der Waals surface area contributed by atoms with Crippen molar-refractivity contribution in [2.45, 2.75) is 78.1 Å². The molecule has 2 aromatic rings. The molecule has 0 unspecified atom stereocenters. The van der Waals surface area contributed by atoms with Crippen LogP contribution >= 0.6 is 11.6 Å². The zero-order chi connectivity index (χ0) is 22.7. The third-order valence-electron chi connectivity index (χ3n) is 4.76. The number of nitrogens with one attached hydrogen (secondary N) is 2. The lowest BCUT2D eigenvalue weighted by molar-refractivity contribution is 0.304. The van der Waals surface area contributed by atoms with Crippen LogP contribution in [0.5, 0.6) is 5.75 Å². The van der Waals surface area contributed by atoms with E-state index in [1.165, 1.54) is 38.5 Å². The van der Waals surface area contributed by atoms with Crippen molar-refractivity contribution >= 4 is 23.6 Å². The number of hydrazone groups is 1. The highest BCUT2D eigenvalue weighted by molar-refractivity contribution is 6.32. The van der Waals surface area contributed by atoms with Gasteiger partial charge < -0.3 is 4.74 Å². The average molecular weight is 448 g/mol. The summed E-state index contributed by atoms with van der Waals surface area (Å²) in [6.07, 6.45) is 10.3. The SMILES string of the molecule is CCCCCCCCCOc1ccc(/C=N/Nc2nc(=O)[nH]nc2C(C)(C)C)cc1Cl. The van der Waals surface area contributed by atoms with E-state index in [4.69, 9.17) is 16.3 Å². The van der Waals surface area contributed by atoms with Crippen LogP contribution in [0.1, 0.15) is 83.9 Å². The molecule has 0 atom stereocenters. The van der Waals surface area contributed by atoms with E-state index in [-0.39, 0.29) is 5.41 Å². The number of H-pyrrole nitrogens is 1. The Morgan fingerprint density at radius 3 is 2.55 bits per heavy atom. The molecule has 0 saturated carbocycles. The molecule has 0 radical (unpaired) electrons. The molecule has 0 aliphatic rings. The standard InChI is InChI=1S/C23H34ClN5O2/c1-5-6-7-8-9-10-11-14-31-19-13-12-17(15-18(19)24)16-25-28-21-20(23(2,3)4)27-29-22(30)26-21/h12-13,15-16H,5-11,14H2,1-4H3,(H2,26,28,29,30)/b25-16+. The van der Waals surface area contributed by atoms with Gasteiger partial charge >= 0.3 is 5.69 Å². The van der Waals surface area contributed by atoms with Crippen LogP contribution in [-0.2, 0) is 5.41 Å². The van der Waals surface area contributed by atoms with Gasteiger partial charge in [-0.25, -0.2) is 9.89 Å². The third-order valence-corrected chi connectivity index (χ3v) is 5.05. The maximum absolute atomic E-state index is 11.5. The molecule has 0 saturated heterocycles. The maximum Gasteiger partial charge on any atom is 0.363 e. The highest BCUT2D eigenvalue weighted by Crippen LogP contribution is 2.26. The Balaban J connectivity index is 1.86. The molecule has 2 N–H and O–H groups in total. The molecule has 0 fully saturated rings. The van der Waals surface area contributed by atoms with Crippen molar-refractivity contribution in [3.05, 3.63) is 45.0 Å². The predicted molar refractivity (Wildman–Crippen MR) is 128 cm³/mol. The number of rotatable bonds is 12. The predicted octanol–water partition coefficient (Wildman–Crippen LogP) is 5.69. The monoisotopic (exact) mass is 447 g/mol. The molecule has 0 aliphatic heterocycles. The first-order valence-electron chi connectivity index (χ1n) is 11.0. The quantitative estimate of drug-likeness (QED) is 0.247. The van der Waals surface area contributed by atoms with Crippen LogP contribution in [0.4, 0.5) is 5.82 Å². The van der Waals surface area contributed by atoms with E-state index in [1.54, 1.807) is 12.3 Å². The van der Waals surface area contributed by atoms with Crippen LogP contribution in [-0.4, -0.2) is 28.0 Å². The van der Waals surface area contributed by atoms with Crippen molar-refractivity contribution in [2.75, 3.05) is 12.0 Å². The van der Waals surface area contributed by atoms with E-state index in [1.807, 2.05) is 32.9 Å². The molecule has 1 heterocycles. The number of aromatic amines is 1. The number of benzene rings is 1. The number of nitrogens with zero attached hydrogens (tertiary/aromatic N) is 3. The Hall–Kier alpha value is -2.41. The van der Waals surface area contributed by atoms with Gasteiger partial charge in [-0.3, -0.25) is 5.43 Å². The van der Waals surface area contributed by atoms with E-state index >= 15 is 0 Å². The van der Waals surface area contributed by atoms with E-state index in [9.17, 15) is 4.79 Å². The molecular formula is C23H34ClN5O2. The highest BCUT2D eigenvalue weighted by atomic mass is 35.5. The van der Waals surface area contributed by atoms with E-state index in [0.29, 0.717) is 28.9 Å². The van der Waals surface area contributed by atoms with Gasteiger partial charge in [-0.05, 0) is 30.2 Å². The summed E-state index contributed by atoms with van der Waals surface area (Å²) < 4.78 is 5.81. The van der Waals surface area contributed by atoms with Gasteiger partial charge in [0.25, 0.3) is 0 Å². The molecule has 8 heteroatoms. The number of ether oxygens (including phenoxy) is 1. The van der Waals surface area contributed by atoms with Gasteiger partial charge in [0.1, 0.15) is 11.4 Å². The minimum atomic E-state index is -0.531. The maximum atomic E-state index is 11.5. The van der Waals surface area contributed by atoms with Crippen molar-refractivity contribution in [2.24, 2.45) is 5.10 Å². The second kappa shape index (κ2) is 12.4. The number of hydrogen-bond donors (Lipinski definition) is 2. The largest absolute Gasteiger partial charge is 0.492 e. The van der Waals surface area contributed by atoms with E-state index in [0.717, 1.165) is 12.0 Å².